The average molecular weight is 228 g/mol. The Balaban J connectivity index is 2.48. The molecule has 0 aromatic heterocycles. The van der Waals surface area contributed by atoms with Gasteiger partial charge < -0.3 is 10.4 Å². The zero-order valence-corrected chi connectivity index (χ0v) is 10.7. The largest absolute Gasteiger partial charge is 0.393 e. The summed E-state index contributed by atoms with van der Waals surface area (Å²) >= 11 is 0. The van der Waals surface area contributed by atoms with E-state index in [1.807, 2.05) is 27.7 Å². The Morgan fingerprint density at radius 3 is 2.56 bits per heavy atom. The normalized spacial score (nSPS) is 29.1. The first-order chi connectivity index (χ1) is 7.41. The van der Waals surface area contributed by atoms with E-state index in [9.17, 15) is 9.90 Å². The summed E-state index contributed by atoms with van der Waals surface area (Å²) in [6.45, 7) is 9.50. The second kappa shape index (κ2) is 5.64. The van der Waals surface area contributed by atoms with Gasteiger partial charge in [0.1, 0.15) is 0 Å². The number of likely N-dealkylation sites (tertiary alicyclic amines) is 1. The SMILES string of the molecule is CC(C)NC(=O)C(C)N1CCC(O)C(C)C1. The zero-order chi connectivity index (χ0) is 12.3. The van der Waals surface area contributed by atoms with Gasteiger partial charge in [-0.25, -0.2) is 0 Å². The number of aliphatic hydroxyl groups is 1. The minimum atomic E-state index is -0.211. The van der Waals surface area contributed by atoms with Crippen LogP contribution in [0.4, 0.5) is 0 Å². The lowest BCUT2D eigenvalue weighted by Crippen LogP contribution is -2.52. The summed E-state index contributed by atoms with van der Waals surface area (Å²) in [5, 5.41) is 12.6. The summed E-state index contributed by atoms with van der Waals surface area (Å²) in [5.41, 5.74) is 0. The number of hydrogen-bond acceptors (Lipinski definition) is 3. The number of rotatable bonds is 3. The average Bonchev–Trinajstić information content (AvgIpc) is 2.20. The third kappa shape index (κ3) is 3.46. The topological polar surface area (TPSA) is 52.6 Å². The molecular weight excluding hydrogens is 204 g/mol. The van der Waals surface area contributed by atoms with Crippen molar-refractivity contribution < 1.29 is 9.90 Å². The van der Waals surface area contributed by atoms with Crippen molar-refractivity contribution in [2.45, 2.75) is 52.3 Å². The molecule has 1 saturated heterocycles. The summed E-state index contributed by atoms with van der Waals surface area (Å²) in [6.07, 6.45) is 0.553. The van der Waals surface area contributed by atoms with Crippen LogP contribution in [0.5, 0.6) is 0 Å². The monoisotopic (exact) mass is 228 g/mol. The first-order valence-corrected chi connectivity index (χ1v) is 6.14. The van der Waals surface area contributed by atoms with Crippen LogP contribution in [0.25, 0.3) is 0 Å². The lowest BCUT2D eigenvalue weighted by Gasteiger charge is -2.37. The van der Waals surface area contributed by atoms with Crippen molar-refractivity contribution in [2.24, 2.45) is 5.92 Å². The molecule has 1 heterocycles. The minimum absolute atomic E-state index is 0.0820. The summed E-state index contributed by atoms with van der Waals surface area (Å²) in [4.78, 5) is 14.0. The Labute approximate surface area is 98.0 Å². The quantitative estimate of drug-likeness (QED) is 0.744. The maximum atomic E-state index is 11.8. The highest BCUT2D eigenvalue weighted by molar-refractivity contribution is 5.81. The molecule has 1 amide bonds. The van der Waals surface area contributed by atoms with Gasteiger partial charge in [-0.15, -0.1) is 0 Å². The van der Waals surface area contributed by atoms with Crippen LogP contribution in [0.1, 0.15) is 34.1 Å². The molecule has 94 valence electrons. The van der Waals surface area contributed by atoms with E-state index in [4.69, 9.17) is 0 Å². The highest BCUT2D eigenvalue weighted by Gasteiger charge is 2.29. The van der Waals surface area contributed by atoms with E-state index in [1.54, 1.807) is 0 Å². The first kappa shape index (κ1) is 13.5. The van der Waals surface area contributed by atoms with Gasteiger partial charge in [0.05, 0.1) is 12.1 Å². The second-order valence-corrected chi connectivity index (χ2v) is 5.17. The molecule has 2 N–H and O–H groups in total. The molecule has 0 bridgehead atoms. The van der Waals surface area contributed by atoms with Gasteiger partial charge in [0, 0.05) is 19.1 Å². The number of hydrogen-bond donors (Lipinski definition) is 2. The molecule has 0 spiro atoms. The molecule has 1 rings (SSSR count). The van der Waals surface area contributed by atoms with Crippen molar-refractivity contribution in [2.75, 3.05) is 13.1 Å². The lowest BCUT2D eigenvalue weighted by atomic mass is 9.95. The van der Waals surface area contributed by atoms with Gasteiger partial charge in [0.2, 0.25) is 5.91 Å². The molecule has 1 fully saturated rings. The molecule has 4 nitrogen and oxygen atoms in total. The smallest absolute Gasteiger partial charge is 0.237 e. The Hall–Kier alpha value is -0.610. The Kier molecular flexibility index (Phi) is 4.74. The van der Waals surface area contributed by atoms with Gasteiger partial charge in [-0.1, -0.05) is 6.92 Å². The maximum Gasteiger partial charge on any atom is 0.237 e. The van der Waals surface area contributed by atoms with Crippen LogP contribution >= 0.6 is 0 Å². The zero-order valence-electron chi connectivity index (χ0n) is 10.7. The lowest BCUT2D eigenvalue weighted by molar-refractivity contribution is -0.127. The summed E-state index contributed by atoms with van der Waals surface area (Å²) in [7, 11) is 0. The van der Waals surface area contributed by atoms with E-state index in [1.165, 1.54) is 0 Å². The third-order valence-corrected chi connectivity index (χ3v) is 3.25. The van der Waals surface area contributed by atoms with Crippen LogP contribution < -0.4 is 5.32 Å². The van der Waals surface area contributed by atoms with E-state index in [0.29, 0.717) is 0 Å². The number of aliphatic hydroxyl groups excluding tert-OH is 1. The van der Waals surface area contributed by atoms with E-state index >= 15 is 0 Å². The molecule has 0 aromatic carbocycles. The summed E-state index contributed by atoms with van der Waals surface area (Å²) < 4.78 is 0. The molecule has 0 radical (unpaired) electrons. The predicted molar refractivity (Wildman–Crippen MR) is 64.1 cm³/mol. The molecule has 0 aliphatic carbocycles. The number of nitrogens with zero attached hydrogens (tertiary/aromatic N) is 1. The van der Waals surface area contributed by atoms with Crippen molar-refractivity contribution in [1.82, 2.24) is 10.2 Å². The van der Waals surface area contributed by atoms with E-state index in [0.717, 1.165) is 19.5 Å². The molecule has 0 aromatic rings. The van der Waals surface area contributed by atoms with Crippen LogP contribution in [-0.4, -0.2) is 47.2 Å². The van der Waals surface area contributed by atoms with E-state index in [-0.39, 0.29) is 30.0 Å². The highest BCUT2D eigenvalue weighted by Crippen LogP contribution is 2.18. The highest BCUT2D eigenvalue weighted by atomic mass is 16.3. The molecule has 3 unspecified atom stereocenters. The van der Waals surface area contributed by atoms with Crippen LogP contribution in [0.3, 0.4) is 0 Å². The van der Waals surface area contributed by atoms with Crippen LogP contribution in [0.2, 0.25) is 0 Å². The van der Waals surface area contributed by atoms with Crippen LogP contribution in [0, 0.1) is 5.92 Å². The molecule has 4 heteroatoms. The minimum Gasteiger partial charge on any atom is -0.393 e. The van der Waals surface area contributed by atoms with Crippen molar-refractivity contribution in [3.05, 3.63) is 0 Å². The number of carbonyl (C=O) groups is 1. The van der Waals surface area contributed by atoms with Crippen molar-refractivity contribution in [3.8, 4) is 0 Å². The molecule has 1 aliphatic rings. The van der Waals surface area contributed by atoms with Gasteiger partial charge in [-0.3, -0.25) is 9.69 Å². The fraction of sp³-hybridized carbons (Fsp3) is 0.917. The number of piperidine rings is 1. The van der Waals surface area contributed by atoms with Gasteiger partial charge >= 0.3 is 0 Å². The van der Waals surface area contributed by atoms with Gasteiger partial charge in [0.25, 0.3) is 0 Å². The number of carbonyl (C=O) groups excluding carboxylic acids is 1. The van der Waals surface area contributed by atoms with Gasteiger partial charge in [-0.2, -0.15) is 0 Å². The molecule has 0 saturated carbocycles. The van der Waals surface area contributed by atoms with E-state index < -0.39 is 0 Å². The fourth-order valence-electron chi connectivity index (χ4n) is 2.09. The molecule has 16 heavy (non-hydrogen) atoms. The predicted octanol–water partition coefficient (Wildman–Crippen LogP) is 0.602. The van der Waals surface area contributed by atoms with Gasteiger partial charge in [0.15, 0.2) is 0 Å². The van der Waals surface area contributed by atoms with Gasteiger partial charge in [-0.05, 0) is 33.1 Å². The van der Waals surface area contributed by atoms with Crippen molar-refractivity contribution >= 4 is 5.91 Å². The number of amides is 1. The maximum absolute atomic E-state index is 11.8. The fourth-order valence-corrected chi connectivity index (χ4v) is 2.09. The summed E-state index contributed by atoms with van der Waals surface area (Å²) in [6, 6.07) is 0.0834. The Morgan fingerprint density at radius 1 is 1.44 bits per heavy atom. The molecule has 3 atom stereocenters. The first-order valence-electron chi connectivity index (χ1n) is 6.14. The third-order valence-electron chi connectivity index (χ3n) is 3.25. The number of nitrogens with one attached hydrogen (secondary N) is 1. The Bertz CT molecular complexity index is 243. The second-order valence-electron chi connectivity index (χ2n) is 5.17. The molecule has 1 aliphatic heterocycles. The standard InChI is InChI=1S/C12H24N2O2/c1-8(2)13-12(16)10(4)14-6-5-11(15)9(3)7-14/h8-11,15H,5-7H2,1-4H3,(H,13,16). The van der Waals surface area contributed by atoms with Crippen molar-refractivity contribution in [1.29, 1.82) is 0 Å². The molecular formula is C12H24N2O2. The van der Waals surface area contributed by atoms with Crippen molar-refractivity contribution in [3.63, 3.8) is 0 Å². The summed E-state index contributed by atoms with van der Waals surface area (Å²) in [5.74, 6) is 0.335. The van der Waals surface area contributed by atoms with Crippen LogP contribution in [0.15, 0.2) is 0 Å². The van der Waals surface area contributed by atoms with Crippen LogP contribution in [-0.2, 0) is 4.79 Å². The Morgan fingerprint density at radius 2 is 2.06 bits per heavy atom. The van der Waals surface area contributed by atoms with E-state index in [2.05, 4.69) is 10.2 Å².